The first-order chi connectivity index (χ1) is 29.4. The first-order valence-corrected chi connectivity index (χ1v) is 22.5. The van der Waals surface area contributed by atoms with Gasteiger partial charge in [-0.1, -0.05) is 157 Å². The van der Waals surface area contributed by atoms with Crippen LogP contribution in [0.5, 0.6) is 0 Å². The van der Waals surface area contributed by atoms with Gasteiger partial charge < -0.3 is 9.47 Å². The average molecular weight is 797 g/mol. The lowest BCUT2D eigenvalue weighted by Gasteiger charge is -2.40. The van der Waals surface area contributed by atoms with Crippen molar-refractivity contribution >= 4 is 32.3 Å². The molecule has 0 bridgehead atoms. The minimum atomic E-state index is -0.267. The highest BCUT2D eigenvalue weighted by atomic mass is 16.5. The molecule has 8 aromatic rings. The second-order valence-electron chi connectivity index (χ2n) is 20.1. The van der Waals surface area contributed by atoms with E-state index in [-0.39, 0.29) is 21.7 Å². The lowest BCUT2D eigenvalue weighted by atomic mass is 9.74. The lowest BCUT2D eigenvalue weighted by Crippen LogP contribution is -2.45. The normalized spacial score (nSPS) is 18.3. The Kier molecular flexibility index (Phi) is 8.64. The van der Waals surface area contributed by atoms with Crippen LogP contribution in [-0.4, -0.2) is 26.4 Å². The molecular weight excluding hydrogens is 741 g/mol. The molecule has 3 aliphatic rings. The largest absolute Gasteiger partial charge is 0.381 e. The Morgan fingerprint density at radius 3 is 1.85 bits per heavy atom. The molecule has 304 valence electrons. The number of hydrogen-bond acceptors (Lipinski definition) is 2. The molecular formula is C59H56O2. The van der Waals surface area contributed by atoms with Gasteiger partial charge in [0.05, 0.1) is 19.8 Å². The molecule has 0 N–H and O–H groups in total. The molecule has 0 saturated carbocycles. The molecule has 0 spiro atoms. The third-order valence-electron chi connectivity index (χ3n) is 15.2. The fourth-order valence-electron chi connectivity index (χ4n) is 11.3. The summed E-state index contributed by atoms with van der Waals surface area (Å²) in [6, 6.07) is 49.3. The highest BCUT2D eigenvalue weighted by Gasteiger charge is 2.42. The van der Waals surface area contributed by atoms with Gasteiger partial charge in [0.1, 0.15) is 0 Å². The number of benzene rings is 8. The highest BCUT2D eigenvalue weighted by Crippen LogP contribution is 2.55. The molecule has 1 atom stereocenters. The molecule has 1 aliphatic heterocycles. The first-order valence-electron chi connectivity index (χ1n) is 22.5. The fraction of sp³-hybridized carbons (Fsp3) is 0.288. The molecule has 2 nitrogen and oxygen atoms in total. The standard InChI is InChI=1S/C59H56O2/c1-8-58(35-61-36-58)34-60-28-12-27-59(9-2)50-14-11-10-13-45(50)48-24-19-39(32-53(48)59)38-18-23-46-47-25-20-40(33-52(47)57(6,7)51(46)31-38)44-22-17-37-15-16-41-29-43(56(3,4)5)30-42-21-26-49(44)55(37)54(41)42/h9-11,13-26,29-33H,2,8,12,27-28,34-36H2,1,3-7H3. The second-order valence-corrected chi connectivity index (χ2v) is 20.1. The molecule has 11 rings (SSSR count). The van der Waals surface area contributed by atoms with Crippen LogP contribution in [0, 0.1) is 5.41 Å². The van der Waals surface area contributed by atoms with Crippen LogP contribution in [0.3, 0.4) is 0 Å². The minimum Gasteiger partial charge on any atom is -0.381 e. The summed E-state index contributed by atoms with van der Waals surface area (Å²) in [4.78, 5) is 0. The topological polar surface area (TPSA) is 18.5 Å². The van der Waals surface area contributed by atoms with Gasteiger partial charge in [-0.15, -0.1) is 6.58 Å². The number of fused-ring (bicyclic) bond motifs is 6. The summed E-state index contributed by atoms with van der Waals surface area (Å²) in [5.74, 6) is 0. The monoisotopic (exact) mass is 796 g/mol. The Labute approximate surface area is 361 Å². The van der Waals surface area contributed by atoms with Gasteiger partial charge in [0, 0.05) is 22.9 Å². The number of allylic oxidation sites excluding steroid dienone is 1. The molecule has 1 fully saturated rings. The summed E-state index contributed by atoms with van der Waals surface area (Å²) in [7, 11) is 0. The van der Waals surface area contributed by atoms with Crippen molar-refractivity contribution < 1.29 is 9.47 Å². The van der Waals surface area contributed by atoms with Crippen LogP contribution < -0.4 is 0 Å². The molecule has 0 aromatic heterocycles. The van der Waals surface area contributed by atoms with Crippen LogP contribution >= 0.6 is 0 Å². The second kappa shape index (κ2) is 13.7. The molecule has 1 unspecified atom stereocenters. The van der Waals surface area contributed by atoms with E-state index in [9.17, 15) is 0 Å². The average Bonchev–Trinajstić information content (AvgIpc) is 3.66. The van der Waals surface area contributed by atoms with Crippen molar-refractivity contribution in [2.24, 2.45) is 5.41 Å². The van der Waals surface area contributed by atoms with Gasteiger partial charge in [-0.25, -0.2) is 0 Å². The molecule has 2 aliphatic carbocycles. The summed E-state index contributed by atoms with van der Waals surface area (Å²) in [6.45, 7) is 21.6. The Morgan fingerprint density at radius 2 is 1.20 bits per heavy atom. The molecule has 1 saturated heterocycles. The first kappa shape index (κ1) is 38.4. The molecule has 61 heavy (non-hydrogen) atoms. The summed E-state index contributed by atoms with van der Waals surface area (Å²) in [5.41, 5.74) is 17.1. The van der Waals surface area contributed by atoms with Crippen LogP contribution in [0.15, 0.2) is 140 Å². The molecule has 8 aromatic carbocycles. The molecule has 2 heteroatoms. The fourth-order valence-corrected chi connectivity index (χ4v) is 11.3. The maximum absolute atomic E-state index is 6.31. The van der Waals surface area contributed by atoms with Gasteiger partial charge in [-0.05, 0) is 148 Å². The van der Waals surface area contributed by atoms with Crippen molar-refractivity contribution in [2.75, 3.05) is 26.4 Å². The van der Waals surface area contributed by atoms with E-state index >= 15 is 0 Å². The van der Waals surface area contributed by atoms with Gasteiger partial charge in [0.25, 0.3) is 0 Å². The Balaban J connectivity index is 0.928. The lowest BCUT2D eigenvalue weighted by molar-refractivity contribution is -0.150. The quantitative estimate of drug-likeness (QED) is 0.0780. The summed E-state index contributed by atoms with van der Waals surface area (Å²) in [5, 5.41) is 8.03. The van der Waals surface area contributed by atoms with Gasteiger partial charge in [0.2, 0.25) is 0 Å². The zero-order chi connectivity index (χ0) is 41.9. The van der Waals surface area contributed by atoms with Crippen LogP contribution in [0.2, 0.25) is 0 Å². The van der Waals surface area contributed by atoms with Gasteiger partial charge >= 0.3 is 0 Å². The van der Waals surface area contributed by atoms with Crippen molar-refractivity contribution in [2.45, 2.75) is 77.0 Å². The third-order valence-corrected chi connectivity index (χ3v) is 15.2. The number of ether oxygens (including phenoxy) is 2. The van der Waals surface area contributed by atoms with Crippen molar-refractivity contribution in [1.29, 1.82) is 0 Å². The van der Waals surface area contributed by atoms with Gasteiger partial charge in [-0.3, -0.25) is 0 Å². The van der Waals surface area contributed by atoms with Crippen molar-refractivity contribution in [1.82, 2.24) is 0 Å². The van der Waals surface area contributed by atoms with Crippen LogP contribution in [-0.2, 0) is 25.7 Å². The van der Waals surface area contributed by atoms with Crippen molar-refractivity contribution in [3.8, 4) is 44.5 Å². The maximum atomic E-state index is 6.31. The van der Waals surface area contributed by atoms with Gasteiger partial charge in [0.15, 0.2) is 0 Å². The summed E-state index contributed by atoms with van der Waals surface area (Å²) in [6.07, 6.45) is 5.23. The van der Waals surface area contributed by atoms with Crippen molar-refractivity contribution in [3.63, 3.8) is 0 Å². The maximum Gasteiger partial charge on any atom is 0.0566 e. The van der Waals surface area contributed by atoms with E-state index < -0.39 is 0 Å². The van der Waals surface area contributed by atoms with Crippen LogP contribution in [0.1, 0.15) is 88.6 Å². The van der Waals surface area contributed by atoms with E-state index in [1.165, 1.54) is 105 Å². The Hall–Kier alpha value is -5.54. The predicted octanol–water partition coefficient (Wildman–Crippen LogP) is 15.2. The van der Waals surface area contributed by atoms with E-state index in [0.717, 1.165) is 45.7 Å². The SMILES string of the molecule is C=CC1(CCCOCC2(CC)COC2)c2ccccc2-c2ccc(-c3ccc4c(c3)C(C)(C)c3cc(-c5ccc6ccc7cc(C(C)(C)C)cc8ccc5c6c78)ccc3-4)cc21. The molecule has 1 heterocycles. The van der Waals surface area contributed by atoms with Crippen LogP contribution in [0.25, 0.3) is 76.8 Å². The van der Waals surface area contributed by atoms with E-state index in [4.69, 9.17) is 9.47 Å². The van der Waals surface area contributed by atoms with Gasteiger partial charge in [-0.2, -0.15) is 0 Å². The zero-order valence-corrected chi connectivity index (χ0v) is 36.7. The molecule has 0 radical (unpaired) electrons. The Morgan fingerprint density at radius 1 is 0.623 bits per heavy atom. The smallest absolute Gasteiger partial charge is 0.0566 e. The number of rotatable bonds is 10. The van der Waals surface area contributed by atoms with Crippen LogP contribution in [0.4, 0.5) is 0 Å². The number of hydrogen-bond donors (Lipinski definition) is 0. The third kappa shape index (κ3) is 5.75. The molecule has 0 amide bonds. The zero-order valence-electron chi connectivity index (χ0n) is 36.7. The van der Waals surface area contributed by atoms with E-state index in [1.54, 1.807) is 0 Å². The highest BCUT2D eigenvalue weighted by molar-refractivity contribution is 6.25. The Bertz CT molecular complexity index is 3040. The predicted molar refractivity (Wildman–Crippen MR) is 257 cm³/mol. The summed E-state index contributed by atoms with van der Waals surface area (Å²) < 4.78 is 11.9. The minimum absolute atomic E-state index is 0.0932. The summed E-state index contributed by atoms with van der Waals surface area (Å²) >= 11 is 0. The van der Waals surface area contributed by atoms with Crippen molar-refractivity contribution in [3.05, 3.63) is 168 Å². The van der Waals surface area contributed by atoms with E-state index in [2.05, 4.69) is 182 Å². The van der Waals surface area contributed by atoms with E-state index in [1.807, 2.05) is 0 Å². The van der Waals surface area contributed by atoms with E-state index in [0.29, 0.717) is 0 Å².